The summed E-state index contributed by atoms with van der Waals surface area (Å²) in [6, 6.07) is 4.91. The van der Waals surface area contributed by atoms with Crippen LogP contribution in [0, 0.1) is 5.41 Å². The monoisotopic (exact) mass is 491 g/mol. The maximum atomic E-state index is 15.5. The lowest BCUT2D eigenvalue weighted by Crippen LogP contribution is -2.43. The Morgan fingerprint density at radius 2 is 1.91 bits per heavy atom. The standard InChI is InChI=1S/C25H31F2N3O5/c1-23(2,3)35-22(32)29-10-8-24(9-11-29)19(25(24,26)27)20-28-17-6-5-15(21(31)33-4)13-18(17)30(20)14-16-7-12-34-16/h5-6,13,16,19H,7-12,14H2,1-4H3/t16-,19?/m0/s1. The zero-order valence-electron chi connectivity index (χ0n) is 20.5. The van der Waals surface area contributed by atoms with Gasteiger partial charge in [-0.2, -0.15) is 0 Å². The minimum Gasteiger partial charge on any atom is -0.465 e. The first-order valence-corrected chi connectivity index (χ1v) is 12.0. The third-order valence-electron chi connectivity index (χ3n) is 7.44. The molecule has 3 heterocycles. The van der Waals surface area contributed by atoms with E-state index in [0.29, 0.717) is 35.6 Å². The van der Waals surface area contributed by atoms with E-state index in [4.69, 9.17) is 14.2 Å². The first-order valence-electron chi connectivity index (χ1n) is 12.0. The number of alkyl halides is 2. The van der Waals surface area contributed by atoms with E-state index in [9.17, 15) is 9.59 Å². The summed E-state index contributed by atoms with van der Waals surface area (Å²) in [5, 5.41) is 0. The van der Waals surface area contributed by atoms with Crippen LogP contribution in [0.3, 0.4) is 0 Å². The van der Waals surface area contributed by atoms with Crippen molar-refractivity contribution in [1.29, 1.82) is 0 Å². The van der Waals surface area contributed by atoms with E-state index in [1.165, 1.54) is 12.0 Å². The van der Waals surface area contributed by atoms with Crippen molar-refractivity contribution in [2.45, 2.75) is 70.1 Å². The van der Waals surface area contributed by atoms with E-state index < -0.39 is 34.9 Å². The topological polar surface area (TPSA) is 82.9 Å². The number of nitrogens with zero attached hydrogens (tertiary/aromatic N) is 3. The predicted molar refractivity (Wildman–Crippen MR) is 123 cm³/mol. The molecule has 2 saturated heterocycles. The predicted octanol–water partition coefficient (Wildman–Crippen LogP) is 4.36. The molecule has 3 fully saturated rings. The number of hydrogen-bond donors (Lipinski definition) is 0. The number of carbonyl (C=O) groups excluding carboxylic acids is 2. The quantitative estimate of drug-likeness (QED) is 0.591. The zero-order valence-corrected chi connectivity index (χ0v) is 20.5. The van der Waals surface area contributed by atoms with E-state index >= 15 is 8.78 Å². The van der Waals surface area contributed by atoms with Crippen molar-refractivity contribution in [2.24, 2.45) is 5.41 Å². The number of fused-ring (bicyclic) bond motifs is 1. The van der Waals surface area contributed by atoms with Gasteiger partial charge < -0.3 is 23.7 Å². The number of methoxy groups -OCH3 is 1. The molecule has 1 unspecified atom stereocenters. The summed E-state index contributed by atoms with van der Waals surface area (Å²) in [7, 11) is 1.30. The number of halogens is 2. The fraction of sp³-hybridized carbons (Fsp3) is 0.640. The van der Waals surface area contributed by atoms with Gasteiger partial charge >= 0.3 is 12.1 Å². The lowest BCUT2D eigenvalue weighted by Gasteiger charge is -2.34. The molecule has 35 heavy (non-hydrogen) atoms. The highest BCUT2D eigenvalue weighted by Gasteiger charge is 2.82. The van der Waals surface area contributed by atoms with Crippen LogP contribution in [-0.4, -0.2) is 70.9 Å². The van der Waals surface area contributed by atoms with Crippen LogP contribution in [0.4, 0.5) is 13.6 Å². The Balaban J connectivity index is 1.45. The first kappa shape index (κ1) is 24.0. The largest absolute Gasteiger partial charge is 0.465 e. The first-order chi connectivity index (χ1) is 16.5. The van der Waals surface area contributed by atoms with Crippen LogP contribution in [0.25, 0.3) is 11.0 Å². The Labute approximate surface area is 202 Å². The fourth-order valence-electron chi connectivity index (χ4n) is 5.39. The number of amides is 1. The van der Waals surface area contributed by atoms with Gasteiger partial charge in [-0.1, -0.05) is 0 Å². The van der Waals surface area contributed by atoms with Crippen molar-refractivity contribution in [3.63, 3.8) is 0 Å². The molecule has 2 aromatic rings. The van der Waals surface area contributed by atoms with Crippen molar-refractivity contribution in [2.75, 3.05) is 26.8 Å². The minimum atomic E-state index is -2.95. The van der Waals surface area contributed by atoms with Crippen molar-refractivity contribution >= 4 is 23.1 Å². The number of piperidine rings is 1. The Morgan fingerprint density at radius 3 is 2.49 bits per heavy atom. The molecular weight excluding hydrogens is 460 g/mol. The number of likely N-dealkylation sites (tertiary alicyclic amines) is 1. The smallest absolute Gasteiger partial charge is 0.410 e. The van der Waals surface area contributed by atoms with Crippen LogP contribution in [0.15, 0.2) is 18.2 Å². The molecule has 0 radical (unpaired) electrons. The van der Waals surface area contributed by atoms with Gasteiger partial charge in [-0.3, -0.25) is 0 Å². The molecule has 1 aliphatic carbocycles. The van der Waals surface area contributed by atoms with Gasteiger partial charge in [0.25, 0.3) is 5.92 Å². The van der Waals surface area contributed by atoms with Crippen molar-refractivity contribution < 1.29 is 32.6 Å². The van der Waals surface area contributed by atoms with Gasteiger partial charge in [0.05, 0.1) is 47.7 Å². The maximum Gasteiger partial charge on any atom is 0.410 e. The van der Waals surface area contributed by atoms with Crippen LogP contribution in [-0.2, 0) is 20.8 Å². The third-order valence-corrected chi connectivity index (χ3v) is 7.44. The Kier molecular flexibility index (Phi) is 5.58. The summed E-state index contributed by atoms with van der Waals surface area (Å²) in [4.78, 5) is 30.7. The summed E-state index contributed by atoms with van der Waals surface area (Å²) in [5.74, 6) is -4.19. The minimum absolute atomic E-state index is 0.0785. The number of carbonyl (C=O) groups is 2. The molecule has 2 aliphatic heterocycles. The van der Waals surface area contributed by atoms with Gasteiger partial charge in [-0.15, -0.1) is 0 Å². The van der Waals surface area contributed by atoms with Gasteiger partial charge in [0.15, 0.2) is 0 Å². The summed E-state index contributed by atoms with van der Waals surface area (Å²) in [5.41, 5.74) is -0.393. The number of ether oxygens (including phenoxy) is 3. The average molecular weight is 492 g/mol. The zero-order chi connectivity index (χ0) is 25.2. The van der Waals surface area contributed by atoms with Crippen LogP contribution < -0.4 is 0 Å². The highest BCUT2D eigenvalue weighted by molar-refractivity contribution is 5.93. The fourth-order valence-corrected chi connectivity index (χ4v) is 5.39. The van der Waals surface area contributed by atoms with Crippen LogP contribution in [0.5, 0.6) is 0 Å². The second-order valence-corrected chi connectivity index (χ2v) is 10.7. The molecule has 1 amide bonds. The highest BCUT2D eigenvalue weighted by atomic mass is 19.3. The summed E-state index contributed by atoms with van der Waals surface area (Å²) in [6.07, 6.45) is 0.621. The highest BCUT2D eigenvalue weighted by Crippen LogP contribution is 2.75. The second-order valence-electron chi connectivity index (χ2n) is 10.7. The van der Waals surface area contributed by atoms with E-state index in [0.717, 1.165) is 6.42 Å². The number of esters is 1. The molecule has 5 rings (SSSR count). The van der Waals surface area contributed by atoms with E-state index in [2.05, 4.69) is 4.98 Å². The lowest BCUT2D eigenvalue weighted by molar-refractivity contribution is -0.0591. The average Bonchev–Trinajstić information content (AvgIpc) is 3.04. The molecule has 10 heteroatoms. The maximum absolute atomic E-state index is 15.5. The van der Waals surface area contributed by atoms with Gasteiger partial charge in [-0.05, 0) is 58.2 Å². The second kappa shape index (κ2) is 8.15. The van der Waals surface area contributed by atoms with Gasteiger partial charge in [-0.25, -0.2) is 23.4 Å². The number of benzene rings is 1. The van der Waals surface area contributed by atoms with Gasteiger partial charge in [0.1, 0.15) is 11.4 Å². The summed E-state index contributed by atoms with van der Waals surface area (Å²) in [6.45, 7) is 6.79. The van der Waals surface area contributed by atoms with Crippen LogP contribution in [0.2, 0.25) is 0 Å². The van der Waals surface area contributed by atoms with Crippen molar-refractivity contribution in [1.82, 2.24) is 14.5 Å². The van der Waals surface area contributed by atoms with Crippen LogP contribution >= 0.6 is 0 Å². The molecule has 3 aliphatic rings. The normalized spacial score (nSPS) is 24.8. The third kappa shape index (κ3) is 3.95. The number of hydrogen-bond acceptors (Lipinski definition) is 6. The van der Waals surface area contributed by atoms with E-state index in [-0.39, 0.29) is 32.0 Å². The van der Waals surface area contributed by atoms with Crippen LogP contribution in [0.1, 0.15) is 62.1 Å². The Bertz CT molecular complexity index is 1160. The number of rotatable bonds is 4. The number of aromatic nitrogens is 2. The molecule has 0 N–H and O–H groups in total. The molecule has 1 saturated carbocycles. The Morgan fingerprint density at radius 1 is 1.23 bits per heavy atom. The van der Waals surface area contributed by atoms with Gasteiger partial charge in [0, 0.05) is 19.7 Å². The molecule has 2 atom stereocenters. The van der Waals surface area contributed by atoms with Crippen molar-refractivity contribution in [3.05, 3.63) is 29.6 Å². The molecule has 0 bridgehead atoms. The lowest BCUT2D eigenvalue weighted by atomic mass is 9.90. The number of imidazole rings is 1. The molecule has 1 aromatic carbocycles. The summed E-state index contributed by atoms with van der Waals surface area (Å²) >= 11 is 0. The SMILES string of the molecule is COC(=O)c1ccc2nc(C3C(F)(F)C34CCN(C(=O)OC(C)(C)C)CC4)n(C[C@@H]3CCO3)c2c1. The van der Waals surface area contributed by atoms with Gasteiger partial charge in [0.2, 0.25) is 0 Å². The van der Waals surface area contributed by atoms with E-state index in [1.807, 2.05) is 0 Å². The molecule has 1 spiro atoms. The molecule has 190 valence electrons. The van der Waals surface area contributed by atoms with Crippen molar-refractivity contribution in [3.8, 4) is 0 Å². The molecular formula is C25H31F2N3O5. The summed E-state index contributed by atoms with van der Waals surface area (Å²) < 4.78 is 48.7. The Hall–Kier alpha value is -2.75. The van der Waals surface area contributed by atoms with E-state index in [1.54, 1.807) is 43.5 Å². The molecule has 8 nitrogen and oxygen atoms in total. The molecule has 1 aromatic heterocycles.